The van der Waals surface area contributed by atoms with Crippen molar-refractivity contribution in [1.29, 1.82) is 0 Å². The highest BCUT2D eigenvalue weighted by Gasteiger charge is 2.34. The molecule has 32 heavy (non-hydrogen) atoms. The minimum Gasteiger partial charge on any atom is -0.381 e. The van der Waals surface area contributed by atoms with Crippen molar-refractivity contribution < 1.29 is 14.6 Å². The molecule has 8 heteroatoms. The molecule has 0 radical (unpaired) electrons. The summed E-state index contributed by atoms with van der Waals surface area (Å²) in [6, 6.07) is 4.21. The number of aliphatic hydroxyl groups is 1. The van der Waals surface area contributed by atoms with Gasteiger partial charge in [-0.25, -0.2) is 4.98 Å². The lowest BCUT2D eigenvalue weighted by molar-refractivity contribution is -0.148. The van der Waals surface area contributed by atoms with Crippen LogP contribution in [0.2, 0.25) is 0 Å². The Balaban J connectivity index is 1.59. The zero-order valence-electron chi connectivity index (χ0n) is 18.7. The number of rotatable bonds is 3. The maximum atomic E-state index is 12.7. The monoisotopic (exact) mass is 435 g/mol. The minimum absolute atomic E-state index is 0.0414. The van der Waals surface area contributed by atoms with E-state index < -0.39 is 5.60 Å². The van der Waals surface area contributed by atoms with E-state index in [4.69, 9.17) is 9.72 Å². The number of nitrogens with zero attached hydrogens (tertiary/aromatic N) is 3. The van der Waals surface area contributed by atoms with Crippen LogP contribution in [-0.2, 0) is 22.5 Å². The summed E-state index contributed by atoms with van der Waals surface area (Å²) < 4.78 is 5.73. The smallest absolute Gasteiger partial charge is 0.254 e. The Kier molecular flexibility index (Phi) is 5.23. The van der Waals surface area contributed by atoms with Crippen LogP contribution in [0.3, 0.4) is 0 Å². The SMILES string of the molecule is Cc1c[nH]c2ncc(-c3cc4c(c([C@@H]5COCCN5)n3)CN(C(=O)C(C)(C)O)CC4)cc12. The van der Waals surface area contributed by atoms with E-state index in [2.05, 4.69) is 34.3 Å². The predicted molar refractivity (Wildman–Crippen MR) is 121 cm³/mol. The van der Waals surface area contributed by atoms with Crippen LogP contribution in [-0.4, -0.2) is 62.8 Å². The molecule has 0 unspecified atom stereocenters. The Morgan fingerprint density at radius 3 is 2.94 bits per heavy atom. The number of aromatic amines is 1. The molecule has 3 aromatic rings. The molecule has 3 aromatic heterocycles. The number of hydrogen-bond acceptors (Lipinski definition) is 6. The summed E-state index contributed by atoms with van der Waals surface area (Å²) in [7, 11) is 0. The summed E-state index contributed by atoms with van der Waals surface area (Å²) in [5.74, 6) is -0.261. The molecule has 1 fully saturated rings. The van der Waals surface area contributed by atoms with Crippen LogP contribution in [0.15, 0.2) is 24.5 Å². The van der Waals surface area contributed by atoms with Gasteiger partial charge in [0.15, 0.2) is 0 Å². The number of carbonyl (C=O) groups excluding carboxylic acids is 1. The number of ether oxygens (including phenoxy) is 1. The van der Waals surface area contributed by atoms with Gasteiger partial charge in [0.05, 0.1) is 30.6 Å². The molecule has 0 spiro atoms. The Morgan fingerprint density at radius 2 is 2.19 bits per heavy atom. The molecule has 0 bridgehead atoms. The fraction of sp³-hybridized carbons (Fsp3) is 0.458. The number of fused-ring (bicyclic) bond motifs is 2. The number of aryl methyl sites for hydroxylation is 1. The first-order chi connectivity index (χ1) is 15.3. The van der Waals surface area contributed by atoms with Gasteiger partial charge in [-0.1, -0.05) is 0 Å². The Morgan fingerprint density at radius 1 is 1.34 bits per heavy atom. The summed E-state index contributed by atoms with van der Waals surface area (Å²) in [6.45, 7) is 8.12. The van der Waals surface area contributed by atoms with Crippen LogP contribution in [0, 0.1) is 6.92 Å². The number of carbonyl (C=O) groups is 1. The van der Waals surface area contributed by atoms with Gasteiger partial charge in [0.2, 0.25) is 0 Å². The molecule has 1 saturated heterocycles. The van der Waals surface area contributed by atoms with Crippen molar-refractivity contribution in [2.45, 2.75) is 45.4 Å². The molecule has 0 aliphatic carbocycles. The largest absolute Gasteiger partial charge is 0.381 e. The van der Waals surface area contributed by atoms with Crippen LogP contribution < -0.4 is 5.32 Å². The quantitative estimate of drug-likeness (QED) is 0.583. The maximum Gasteiger partial charge on any atom is 0.254 e. The average Bonchev–Trinajstić information content (AvgIpc) is 3.17. The standard InChI is InChI=1S/C24H29N5O3/c1-14-10-26-22-17(14)8-16(11-27-22)19-9-15-4-6-29(23(30)24(2,3)31)12-18(15)21(28-19)20-13-32-7-5-25-20/h8-11,20,25,31H,4-7,12-13H2,1-3H3,(H,26,27)/t20-/m0/s1. The highest BCUT2D eigenvalue weighted by molar-refractivity contribution is 5.85. The molecule has 1 amide bonds. The van der Waals surface area contributed by atoms with E-state index in [1.54, 1.807) is 4.90 Å². The molecule has 0 aromatic carbocycles. The van der Waals surface area contributed by atoms with Gasteiger partial charge < -0.3 is 25.0 Å². The summed E-state index contributed by atoms with van der Waals surface area (Å²) >= 11 is 0. The van der Waals surface area contributed by atoms with Gasteiger partial charge in [-0.3, -0.25) is 9.78 Å². The van der Waals surface area contributed by atoms with Gasteiger partial charge in [-0.15, -0.1) is 0 Å². The van der Waals surface area contributed by atoms with Gasteiger partial charge >= 0.3 is 0 Å². The van der Waals surface area contributed by atoms with Crippen LogP contribution in [0.25, 0.3) is 22.3 Å². The van der Waals surface area contributed by atoms with Crippen molar-refractivity contribution in [3.05, 3.63) is 46.9 Å². The lowest BCUT2D eigenvalue weighted by atomic mass is 9.92. The minimum atomic E-state index is -1.40. The zero-order valence-corrected chi connectivity index (χ0v) is 18.7. The highest BCUT2D eigenvalue weighted by atomic mass is 16.5. The predicted octanol–water partition coefficient (Wildman–Crippen LogP) is 2.25. The molecular weight excluding hydrogens is 406 g/mol. The molecule has 0 saturated carbocycles. The number of H-pyrrole nitrogens is 1. The molecule has 5 heterocycles. The molecule has 5 rings (SSSR count). The Labute approximate surface area is 187 Å². The molecule has 1 atom stereocenters. The number of aromatic nitrogens is 3. The average molecular weight is 436 g/mol. The van der Waals surface area contributed by atoms with Gasteiger partial charge in [-0.05, 0) is 56.0 Å². The number of pyridine rings is 2. The van der Waals surface area contributed by atoms with Crippen molar-refractivity contribution in [3.63, 3.8) is 0 Å². The van der Waals surface area contributed by atoms with Crippen molar-refractivity contribution >= 4 is 16.9 Å². The fourth-order valence-corrected chi connectivity index (χ4v) is 4.59. The van der Waals surface area contributed by atoms with Crippen LogP contribution >= 0.6 is 0 Å². The van der Waals surface area contributed by atoms with E-state index >= 15 is 0 Å². The molecular formula is C24H29N5O3. The van der Waals surface area contributed by atoms with Crippen molar-refractivity contribution in [3.8, 4) is 11.3 Å². The lowest BCUT2D eigenvalue weighted by Gasteiger charge is -2.35. The van der Waals surface area contributed by atoms with E-state index in [1.165, 1.54) is 19.4 Å². The summed E-state index contributed by atoms with van der Waals surface area (Å²) in [6.07, 6.45) is 4.53. The second-order valence-electron chi connectivity index (χ2n) is 9.24. The van der Waals surface area contributed by atoms with Gasteiger partial charge in [0, 0.05) is 43.0 Å². The zero-order chi connectivity index (χ0) is 22.5. The van der Waals surface area contributed by atoms with Crippen LogP contribution in [0.4, 0.5) is 0 Å². The summed E-state index contributed by atoms with van der Waals surface area (Å²) in [4.78, 5) is 27.3. The second-order valence-corrected chi connectivity index (χ2v) is 9.24. The number of nitrogens with one attached hydrogen (secondary N) is 2. The first-order valence-corrected chi connectivity index (χ1v) is 11.1. The number of amides is 1. The molecule has 8 nitrogen and oxygen atoms in total. The molecule has 3 N–H and O–H groups in total. The number of hydrogen-bond donors (Lipinski definition) is 3. The Bertz CT molecular complexity index is 1170. The van der Waals surface area contributed by atoms with E-state index in [9.17, 15) is 9.90 Å². The molecule has 2 aliphatic rings. The highest BCUT2D eigenvalue weighted by Crippen LogP contribution is 2.32. The van der Waals surface area contributed by atoms with E-state index in [0.29, 0.717) is 32.7 Å². The van der Waals surface area contributed by atoms with Gasteiger partial charge in [0.25, 0.3) is 5.91 Å². The lowest BCUT2D eigenvalue weighted by Crippen LogP contribution is -2.47. The van der Waals surface area contributed by atoms with E-state index in [0.717, 1.165) is 45.7 Å². The van der Waals surface area contributed by atoms with E-state index in [1.807, 2.05) is 12.4 Å². The summed E-state index contributed by atoms with van der Waals surface area (Å²) in [5, 5.41) is 14.8. The van der Waals surface area contributed by atoms with Crippen molar-refractivity contribution in [1.82, 2.24) is 25.2 Å². The first kappa shape index (κ1) is 21.1. The number of morpholine rings is 1. The van der Waals surface area contributed by atoms with E-state index in [-0.39, 0.29) is 11.9 Å². The van der Waals surface area contributed by atoms with Crippen LogP contribution in [0.1, 0.15) is 42.3 Å². The molecule has 168 valence electrons. The van der Waals surface area contributed by atoms with Crippen molar-refractivity contribution in [2.24, 2.45) is 0 Å². The van der Waals surface area contributed by atoms with Crippen LogP contribution in [0.5, 0.6) is 0 Å². The third-order valence-corrected chi connectivity index (χ3v) is 6.34. The fourth-order valence-electron chi connectivity index (χ4n) is 4.59. The van der Waals surface area contributed by atoms with Gasteiger partial charge in [0.1, 0.15) is 11.2 Å². The van der Waals surface area contributed by atoms with Gasteiger partial charge in [-0.2, -0.15) is 0 Å². The third kappa shape index (κ3) is 3.79. The second kappa shape index (κ2) is 7.95. The van der Waals surface area contributed by atoms with Crippen molar-refractivity contribution in [2.75, 3.05) is 26.3 Å². The maximum absolute atomic E-state index is 12.7. The molecule has 2 aliphatic heterocycles. The third-order valence-electron chi connectivity index (χ3n) is 6.34. The first-order valence-electron chi connectivity index (χ1n) is 11.1. The Hall–Kier alpha value is -2.81. The topological polar surface area (TPSA) is 103 Å². The normalized spacial score (nSPS) is 19.2. The summed E-state index contributed by atoms with van der Waals surface area (Å²) in [5.41, 5.74) is 5.61.